The van der Waals surface area contributed by atoms with Crippen LogP contribution in [0.5, 0.6) is 0 Å². The van der Waals surface area contributed by atoms with Gasteiger partial charge in [0.2, 0.25) is 0 Å². The molecule has 0 aliphatic rings. The van der Waals surface area contributed by atoms with Crippen molar-refractivity contribution in [3.63, 3.8) is 0 Å². The van der Waals surface area contributed by atoms with Gasteiger partial charge in [-0.1, -0.05) is 17.8 Å². The molecular weight excluding hydrogens is 232 g/mol. The van der Waals surface area contributed by atoms with Gasteiger partial charge in [-0.05, 0) is 36.4 Å². The third kappa shape index (κ3) is 2.20. The van der Waals surface area contributed by atoms with Gasteiger partial charge in [0, 0.05) is 34.5 Å². The second kappa shape index (κ2) is 4.72. The normalized spacial score (nSPS) is 9.63. The number of H-pyrrole nitrogens is 1. The quantitative estimate of drug-likeness (QED) is 0.603. The summed E-state index contributed by atoms with van der Waals surface area (Å²) in [5.41, 5.74) is 3.63. The van der Waals surface area contributed by atoms with Crippen LogP contribution in [0, 0.1) is 24.2 Å². The molecule has 1 N–H and O–H groups in total. The molecular formula is C17H10N2. The Morgan fingerprint density at radius 1 is 0.947 bits per heavy atom. The minimum atomic E-state index is 0.856. The van der Waals surface area contributed by atoms with Crippen LogP contribution in [0.15, 0.2) is 48.8 Å². The highest BCUT2D eigenvalue weighted by Crippen LogP contribution is 2.13. The van der Waals surface area contributed by atoms with Crippen LogP contribution in [0.1, 0.15) is 16.7 Å². The van der Waals surface area contributed by atoms with E-state index in [4.69, 9.17) is 6.42 Å². The van der Waals surface area contributed by atoms with E-state index in [0.717, 1.165) is 27.7 Å². The Kier molecular flexibility index (Phi) is 2.77. The van der Waals surface area contributed by atoms with Crippen molar-refractivity contribution in [2.45, 2.75) is 0 Å². The molecule has 0 unspecified atom stereocenters. The minimum absolute atomic E-state index is 0.856. The minimum Gasteiger partial charge on any atom is -0.346 e. The highest BCUT2D eigenvalue weighted by Gasteiger charge is 1.99. The molecule has 1 aromatic carbocycles. The van der Waals surface area contributed by atoms with Gasteiger partial charge in [0.15, 0.2) is 0 Å². The molecule has 3 aromatic rings. The zero-order chi connectivity index (χ0) is 13.1. The Labute approximate surface area is 111 Å². The smallest absolute Gasteiger partial charge is 0.138 e. The van der Waals surface area contributed by atoms with Crippen molar-refractivity contribution in [1.29, 1.82) is 0 Å². The van der Waals surface area contributed by atoms with E-state index < -0.39 is 0 Å². The lowest BCUT2D eigenvalue weighted by molar-refractivity contribution is 1.32. The van der Waals surface area contributed by atoms with Crippen molar-refractivity contribution in [2.75, 3.05) is 0 Å². The van der Waals surface area contributed by atoms with Crippen LogP contribution in [-0.2, 0) is 0 Å². The monoisotopic (exact) mass is 242 g/mol. The first-order chi connectivity index (χ1) is 9.36. The van der Waals surface area contributed by atoms with Gasteiger partial charge < -0.3 is 4.98 Å². The molecule has 0 bridgehead atoms. The summed E-state index contributed by atoms with van der Waals surface area (Å²) in [4.78, 5) is 7.31. The molecule has 2 heterocycles. The van der Waals surface area contributed by atoms with Crippen molar-refractivity contribution in [3.05, 3.63) is 65.5 Å². The Balaban J connectivity index is 1.99. The molecule has 0 saturated heterocycles. The van der Waals surface area contributed by atoms with Gasteiger partial charge in [-0.2, -0.15) is 0 Å². The number of aromatic amines is 1. The summed E-state index contributed by atoms with van der Waals surface area (Å²) < 4.78 is 0. The van der Waals surface area contributed by atoms with Gasteiger partial charge in [0.1, 0.15) is 5.65 Å². The molecule has 19 heavy (non-hydrogen) atoms. The number of fused-ring (bicyclic) bond motifs is 1. The van der Waals surface area contributed by atoms with E-state index in [1.165, 1.54) is 0 Å². The molecule has 2 aromatic heterocycles. The van der Waals surface area contributed by atoms with Gasteiger partial charge in [0.05, 0.1) is 0 Å². The fraction of sp³-hybridized carbons (Fsp3) is 0. The fourth-order valence-corrected chi connectivity index (χ4v) is 1.86. The number of nitrogens with zero attached hydrogens (tertiary/aromatic N) is 1. The average molecular weight is 242 g/mol. The number of pyridine rings is 1. The van der Waals surface area contributed by atoms with Crippen LogP contribution in [-0.4, -0.2) is 9.97 Å². The van der Waals surface area contributed by atoms with Crippen LogP contribution in [0.2, 0.25) is 0 Å². The number of hydrogen-bond donors (Lipinski definition) is 1. The molecule has 0 fully saturated rings. The van der Waals surface area contributed by atoms with Crippen LogP contribution in [0.3, 0.4) is 0 Å². The Morgan fingerprint density at radius 2 is 1.74 bits per heavy atom. The molecule has 0 aliphatic heterocycles. The van der Waals surface area contributed by atoms with Crippen molar-refractivity contribution < 1.29 is 0 Å². The second-order valence-corrected chi connectivity index (χ2v) is 4.07. The highest BCUT2D eigenvalue weighted by molar-refractivity contribution is 5.82. The summed E-state index contributed by atoms with van der Waals surface area (Å²) in [6, 6.07) is 11.5. The van der Waals surface area contributed by atoms with Crippen LogP contribution in [0.25, 0.3) is 11.0 Å². The molecule has 2 heteroatoms. The highest BCUT2D eigenvalue weighted by atomic mass is 14.8. The van der Waals surface area contributed by atoms with E-state index in [0.29, 0.717) is 0 Å². The van der Waals surface area contributed by atoms with Crippen molar-refractivity contribution >= 4 is 11.0 Å². The van der Waals surface area contributed by atoms with Gasteiger partial charge >= 0.3 is 0 Å². The number of aromatic nitrogens is 2. The summed E-state index contributed by atoms with van der Waals surface area (Å²) >= 11 is 0. The Hall–Kier alpha value is -2.97. The van der Waals surface area contributed by atoms with E-state index in [9.17, 15) is 0 Å². The number of terminal acetylenes is 1. The molecule has 0 amide bonds. The third-order valence-electron chi connectivity index (χ3n) is 2.85. The first kappa shape index (κ1) is 11.1. The van der Waals surface area contributed by atoms with E-state index >= 15 is 0 Å². The Bertz CT molecular complexity index is 821. The standard InChI is InChI=1S/C17H10N2/c1-2-13-3-5-14(6-4-13)7-8-15-9-11-18-17-16(15)10-12-19-17/h1,3-6,9-12H,(H,18,19). The zero-order valence-corrected chi connectivity index (χ0v) is 10.1. The number of hydrogen-bond acceptors (Lipinski definition) is 1. The van der Waals surface area contributed by atoms with Gasteiger partial charge in [-0.25, -0.2) is 4.98 Å². The SMILES string of the molecule is C#Cc1ccc(C#Cc2ccnc3[nH]ccc23)cc1. The summed E-state index contributed by atoms with van der Waals surface area (Å²) in [6.45, 7) is 0. The van der Waals surface area contributed by atoms with Crippen molar-refractivity contribution in [1.82, 2.24) is 9.97 Å². The van der Waals surface area contributed by atoms with E-state index in [-0.39, 0.29) is 0 Å². The lowest BCUT2D eigenvalue weighted by atomic mass is 10.1. The van der Waals surface area contributed by atoms with E-state index in [1.807, 2.05) is 42.6 Å². The van der Waals surface area contributed by atoms with Gasteiger partial charge in [-0.15, -0.1) is 6.42 Å². The second-order valence-electron chi connectivity index (χ2n) is 4.07. The third-order valence-corrected chi connectivity index (χ3v) is 2.85. The molecule has 0 aliphatic carbocycles. The van der Waals surface area contributed by atoms with Gasteiger partial charge in [0.25, 0.3) is 0 Å². The molecule has 88 valence electrons. The summed E-state index contributed by atoms with van der Waals surface area (Å²) in [5.74, 6) is 8.89. The summed E-state index contributed by atoms with van der Waals surface area (Å²) in [6.07, 6.45) is 8.94. The molecule has 0 radical (unpaired) electrons. The predicted molar refractivity (Wildman–Crippen MR) is 76.5 cm³/mol. The number of benzene rings is 1. The number of nitrogens with one attached hydrogen (secondary N) is 1. The first-order valence-electron chi connectivity index (χ1n) is 5.87. The maximum atomic E-state index is 5.32. The number of rotatable bonds is 0. The Morgan fingerprint density at radius 3 is 2.53 bits per heavy atom. The largest absolute Gasteiger partial charge is 0.346 e. The summed E-state index contributed by atoms with van der Waals surface area (Å²) in [7, 11) is 0. The van der Waals surface area contributed by atoms with Gasteiger partial charge in [-0.3, -0.25) is 0 Å². The topological polar surface area (TPSA) is 28.7 Å². The van der Waals surface area contributed by atoms with Crippen LogP contribution < -0.4 is 0 Å². The lowest BCUT2D eigenvalue weighted by Gasteiger charge is -1.93. The van der Waals surface area contributed by atoms with Crippen molar-refractivity contribution in [2.24, 2.45) is 0 Å². The zero-order valence-electron chi connectivity index (χ0n) is 10.1. The van der Waals surface area contributed by atoms with Crippen LogP contribution in [0.4, 0.5) is 0 Å². The molecule has 0 saturated carbocycles. The first-order valence-corrected chi connectivity index (χ1v) is 5.87. The lowest BCUT2D eigenvalue weighted by Crippen LogP contribution is -1.81. The van der Waals surface area contributed by atoms with E-state index in [1.54, 1.807) is 6.20 Å². The molecule has 3 rings (SSSR count). The maximum Gasteiger partial charge on any atom is 0.138 e. The molecule has 0 atom stereocenters. The summed E-state index contributed by atoms with van der Waals surface area (Å²) in [5, 5.41) is 1.04. The molecule has 0 spiro atoms. The fourth-order valence-electron chi connectivity index (χ4n) is 1.86. The maximum absolute atomic E-state index is 5.32. The average Bonchev–Trinajstić information content (AvgIpc) is 2.94. The van der Waals surface area contributed by atoms with E-state index in [2.05, 4.69) is 27.7 Å². The van der Waals surface area contributed by atoms with Crippen LogP contribution >= 0.6 is 0 Å². The predicted octanol–water partition coefficient (Wildman–Crippen LogP) is 2.94. The van der Waals surface area contributed by atoms with Crippen molar-refractivity contribution in [3.8, 4) is 24.2 Å². The molecule has 2 nitrogen and oxygen atoms in total.